The molecule has 2 N–H and O–H groups in total. The molecular weight excluding hydrogens is 318 g/mol. The molecule has 1 aliphatic heterocycles. The lowest BCUT2D eigenvalue weighted by atomic mass is 9.85. The molecule has 0 saturated carbocycles. The summed E-state index contributed by atoms with van der Waals surface area (Å²) < 4.78 is 0. The number of phenols is 2. The van der Waals surface area contributed by atoms with E-state index in [0.29, 0.717) is 12.1 Å². The van der Waals surface area contributed by atoms with Crippen LogP contribution in [-0.2, 0) is 9.59 Å². The quantitative estimate of drug-likeness (QED) is 0.837. The van der Waals surface area contributed by atoms with E-state index < -0.39 is 0 Å². The van der Waals surface area contributed by atoms with Crippen molar-refractivity contribution >= 4 is 17.5 Å². The molecule has 0 bridgehead atoms. The van der Waals surface area contributed by atoms with Gasteiger partial charge in [-0.1, -0.05) is 26.0 Å². The number of phenolic OH excluding ortho intramolecular Hbond substituents is 2. The van der Waals surface area contributed by atoms with Crippen LogP contribution >= 0.6 is 0 Å². The van der Waals surface area contributed by atoms with E-state index in [9.17, 15) is 19.8 Å². The first kappa shape index (κ1) is 17.0. The molecule has 0 spiro atoms. The molecular formula is C20H21NO4. The third kappa shape index (κ3) is 3.22. The topological polar surface area (TPSA) is 77.8 Å². The Hall–Kier alpha value is -2.82. The molecule has 1 saturated heterocycles. The Kier molecular flexibility index (Phi) is 4.49. The minimum atomic E-state index is -0.388. The SMILES string of the molecule is CC(CC1C(=O)N(c2ccc(O)cc2)C(=O)C1C)c1ccc(O)cc1. The lowest BCUT2D eigenvalue weighted by Crippen LogP contribution is -2.30. The predicted molar refractivity (Wildman–Crippen MR) is 94.4 cm³/mol. The van der Waals surface area contributed by atoms with E-state index in [2.05, 4.69) is 0 Å². The van der Waals surface area contributed by atoms with Crippen LogP contribution in [0.3, 0.4) is 0 Å². The number of aromatic hydroxyl groups is 2. The Morgan fingerprint density at radius 3 is 2.00 bits per heavy atom. The molecule has 2 amide bonds. The fraction of sp³-hybridized carbons (Fsp3) is 0.300. The van der Waals surface area contributed by atoms with Crippen molar-refractivity contribution in [2.24, 2.45) is 11.8 Å². The van der Waals surface area contributed by atoms with Crippen LogP contribution in [0, 0.1) is 11.8 Å². The average molecular weight is 339 g/mol. The van der Waals surface area contributed by atoms with Gasteiger partial charge in [-0.3, -0.25) is 14.5 Å². The smallest absolute Gasteiger partial charge is 0.237 e. The second kappa shape index (κ2) is 6.59. The molecule has 1 fully saturated rings. The second-order valence-electron chi connectivity index (χ2n) is 6.65. The van der Waals surface area contributed by atoms with E-state index in [1.54, 1.807) is 31.2 Å². The van der Waals surface area contributed by atoms with Crippen molar-refractivity contribution in [2.75, 3.05) is 4.90 Å². The van der Waals surface area contributed by atoms with Gasteiger partial charge in [-0.05, 0) is 54.3 Å². The van der Waals surface area contributed by atoms with Crippen LogP contribution in [0.5, 0.6) is 11.5 Å². The van der Waals surface area contributed by atoms with Gasteiger partial charge in [0.2, 0.25) is 11.8 Å². The number of imide groups is 1. The van der Waals surface area contributed by atoms with Gasteiger partial charge < -0.3 is 10.2 Å². The van der Waals surface area contributed by atoms with Gasteiger partial charge in [0.25, 0.3) is 0 Å². The van der Waals surface area contributed by atoms with Gasteiger partial charge in [0, 0.05) is 5.92 Å². The molecule has 3 atom stereocenters. The normalized spacial score (nSPS) is 21.6. The van der Waals surface area contributed by atoms with Gasteiger partial charge in [0.05, 0.1) is 11.6 Å². The zero-order valence-electron chi connectivity index (χ0n) is 14.2. The van der Waals surface area contributed by atoms with Crippen LogP contribution in [0.2, 0.25) is 0 Å². The average Bonchev–Trinajstić information content (AvgIpc) is 2.80. The first-order valence-electron chi connectivity index (χ1n) is 8.34. The Balaban J connectivity index is 1.80. The van der Waals surface area contributed by atoms with Crippen LogP contribution in [0.15, 0.2) is 48.5 Å². The van der Waals surface area contributed by atoms with Crippen LogP contribution in [0.4, 0.5) is 5.69 Å². The first-order chi connectivity index (χ1) is 11.9. The number of carbonyl (C=O) groups is 2. The molecule has 0 aromatic heterocycles. The molecule has 0 aliphatic carbocycles. The number of benzene rings is 2. The van der Waals surface area contributed by atoms with E-state index in [0.717, 1.165) is 5.56 Å². The van der Waals surface area contributed by atoms with Crippen molar-refractivity contribution in [1.29, 1.82) is 0 Å². The van der Waals surface area contributed by atoms with Gasteiger partial charge in [-0.2, -0.15) is 0 Å². The molecule has 5 nitrogen and oxygen atoms in total. The minimum Gasteiger partial charge on any atom is -0.508 e. The largest absolute Gasteiger partial charge is 0.508 e. The van der Waals surface area contributed by atoms with Crippen LogP contribution in [0.1, 0.15) is 31.7 Å². The van der Waals surface area contributed by atoms with Crippen LogP contribution in [-0.4, -0.2) is 22.0 Å². The van der Waals surface area contributed by atoms with Crippen LogP contribution < -0.4 is 4.90 Å². The summed E-state index contributed by atoms with van der Waals surface area (Å²) in [4.78, 5) is 26.6. The number of carbonyl (C=O) groups excluding carboxylic acids is 2. The van der Waals surface area contributed by atoms with E-state index in [1.807, 2.05) is 19.1 Å². The highest BCUT2D eigenvalue weighted by Crippen LogP contribution is 2.37. The van der Waals surface area contributed by atoms with Crippen molar-refractivity contribution in [2.45, 2.75) is 26.2 Å². The summed E-state index contributed by atoms with van der Waals surface area (Å²) in [5.74, 6) is -0.800. The zero-order chi connectivity index (χ0) is 18.1. The van der Waals surface area contributed by atoms with Gasteiger partial charge in [0.15, 0.2) is 0 Å². The lowest BCUT2D eigenvalue weighted by Gasteiger charge is -2.18. The molecule has 5 heteroatoms. The standard InChI is InChI=1S/C20H21NO4/c1-12(14-3-7-16(22)8-4-14)11-18-13(2)19(24)21(20(18)25)15-5-9-17(23)10-6-15/h3-10,12-13,18,22-23H,11H2,1-2H3. The number of amides is 2. The number of rotatable bonds is 4. The Labute approximate surface area is 146 Å². The van der Waals surface area contributed by atoms with E-state index in [4.69, 9.17) is 0 Å². The fourth-order valence-electron chi connectivity index (χ4n) is 3.34. The molecule has 130 valence electrons. The maximum Gasteiger partial charge on any atom is 0.237 e. The molecule has 1 aliphatic rings. The van der Waals surface area contributed by atoms with Gasteiger partial charge in [-0.15, -0.1) is 0 Å². The Morgan fingerprint density at radius 1 is 0.920 bits per heavy atom. The molecule has 0 radical (unpaired) electrons. The van der Waals surface area contributed by atoms with E-state index >= 15 is 0 Å². The highest BCUT2D eigenvalue weighted by Gasteiger charge is 2.46. The second-order valence-corrected chi connectivity index (χ2v) is 6.65. The zero-order valence-corrected chi connectivity index (χ0v) is 14.2. The summed E-state index contributed by atoms with van der Waals surface area (Å²) in [5.41, 5.74) is 1.51. The fourth-order valence-corrected chi connectivity index (χ4v) is 3.34. The van der Waals surface area contributed by atoms with Crippen molar-refractivity contribution in [3.05, 3.63) is 54.1 Å². The third-order valence-corrected chi connectivity index (χ3v) is 4.93. The Morgan fingerprint density at radius 2 is 1.44 bits per heavy atom. The van der Waals surface area contributed by atoms with Gasteiger partial charge in [0.1, 0.15) is 11.5 Å². The first-order valence-corrected chi connectivity index (χ1v) is 8.34. The monoisotopic (exact) mass is 339 g/mol. The van der Waals surface area contributed by atoms with Crippen molar-refractivity contribution in [3.63, 3.8) is 0 Å². The molecule has 2 aromatic carbocycles. The molecule has 25 heavy (non-hydrogen) atoms. The highest BCUT2D eigenvalue weighted by molar-refractivity contribution is 6.21. The number of hydrogen-bond donors (Lipinski definition) is 2. The molecule has 1 heterocycles. The predicted octanol–water partition coefficient (Wildman–Crippen LogP) is 3.42. The summed E-state index contributed by atoms with van der Waals surface area (Å²) in [6.45, 7) is 3.80. The molecule has 2 aromatic rings. The number of nitrogens with zero attached hydrogens (tertiary/aromatic N) is 1. The Bertz CT molecular complexity index is 782. The summed E-state index contributed by atoms with van der Waals surface area (Å²) in [6.07, 6.45) is 0.561. The lowest BCUT2D eigenvalue weighted by molar-refractivity contribution is -0.122. The summed E-state index contributed by atoms with van der Waals surface area (Å²) >= 11 is 0. The van der Waals surface area contributed by atoms with E-state index in [1.165, 1.54) is 17.0 Å². The molecule has 3 unspecified atom stereocenters. The molecule has 3 rings (SSSR count). The maximum atomic E-state index is 12.8. The summed E-state index contributed by atoms with van der Waals surface area (Å²) in [5, 5.41) is 18.8. The van der Waals surface area contributed by atoms with E-state index in [-0.39, 0.29) is 41.1 Å². The summed E-state index contributed by atoms with van der Waals surface area (Å²) in [7, 11) is 0. The highest BCUT2D eigenvalue weighted by atomic mass is 16.3. The summed E-state index contributed by atoms with van der Waals surface area (Å²) in [6, 6.07) is 13.0. The van der Waals surface area contributed by atoms with Crippen molar-refractivity contribution in [3.8, 4) is 11.5 Å². The number of anilines is 1. The van der Waals surface area contributed by atoms with Gasteiger partial charge in [-0.25, -0.2) is 0 Å². The van der Waals surface area contributed by atoms with Crippen LogP contribution in [0.25, 0.3) is 0 Å². The third-order valence-electron chi connectivity index (χ3n) is 4.93. The minimum absolute atomic E-state index is 0.0876. The van der Waals surface area contributed by atoms with Crippen molar-refractivity contribution in [1.82, 2.24) is 0 Å². The number of hydrogen-bond acceptors (Lipinski definition) is 4. The van der Waals surface area contributed by atoms with Gasteiger partial charge >= 0.3 is 0 Å². The maximum absolute atomic E-state index is 12.8. The van der Waals surface area contributed by atoms with Crippen molar-refractivity contribution < 1.29 is 19.8 Å².